The Labute approximate surface area is 163 Å². The summed E-state index contributed by atoms with van der Waals surface area (Å²) in [4.78, 5) is 8.09. The number of fused-ring (bicyclic) bond motifs is 4. The third-order valence-corrected chi connectivity index (χ3v) is 6.01. The van der Waals surface area contributed by atoms with Crippen molar-refractivity contribution in [1.82, 2.24) is 20.1 Å². The molecule has 28 heavy (non-hydrogen) atoms. The molecule has 1 saturated heterocycles. The summed E-state index contributed by atoms with van der Waals surface area (Å²) in [6, 6.07) is 19.1. The van der Waals surface area contributed by atoms with Crippen LogP contribution in [0, 0.1) is 5.92 Å². The van der Waals surface area contributed by atoms with Crippen LogP contribution in [0.25, 0.3) is 33.1 Å². The molecule has 1 unspecified atom stereocenters. The smallest absolute Gasteiger partial charge is 0.151 e. The number of aromatic amines is 1. The van der Waals surface area contributed by atoms with Gasteiger partial charge in [-0.2, -0.15) is 0 Å². The minimum absolute atomic E-state index is 0.635. The maximum atomic E-state index is 4.54. The highest BCUT2D eigenvalue weighted by molar-refractivity contribution is 6.08. The Kier molecular flexibility index (Phi) is 3.27. The maximum Gasteiger partial charge on any atom is 0.151 e. The van der Waals surface area contributed by atoms with Crippen molar-refractivity contribution in [2.75, 3.05) is 31.6 Å². The van der Waals surface area contributed by atoms with Crippen molar-refractivity contribution < 1.29 is 0 Å². The van der Waals surface area contributed by atoms with E-state index in [1.165, 1.54) is 16.3 Å². The Morgan fingerprint density at radius 1 is 0.929 bits per heavy atom. The fourth-order valence-corrected chi connectivity index (χ4v) is 4.63. The highest BCUT2D eigenvalue weighted by atomic mass is 15.3. The van der Waals surface area contributed by atoms with Crippen LogP contribution in [0.3, 0.4) is 0 Å². The molecule has 2 aromatic carbocycles. The Hall–Kier alpha value is -3.34. The molecule has 0 radical (unpaired) electrons. The number of hydrogen-bond acceptors (Lipinski definition) is 4. The lowest BCUT2D eigenvalue weighted by Gasteiger charge is -2.18. The Bertz CT molecular complexity index is 1220. The zero-order valence-electron chi connectivity index (χ0n) is 15.8. The first kappa shape index (κ1) is 15.7. The molecule has 0 spiro atoms. The predicted octanol–water partition coefficient (Wildman–Crippen LogP) is 4.04. The molecule has 0 amide bonds. The van der Waals surface area contributed by atoms with Gasteiger partial charge in [-0.05, 0) is 35.9 Å². The molecule has 5 nitrogen and oxygen atoms in total. The van der Waals surface area contributed by atoms with Crippen LogP contribution in [0.5, 0.6) is 0 Å². The Morgan fingerprint density at radius 2 is 1.82 bits per heavy atom. The van der Waals surface area contributed by atoms with Gasteiger partial charge in [-0.15, -0.1) is 10.2 Å². The maximum absolute atomic E-state index is 4.54. The van der Waals surface area contributed by atoms with E-state index in [-0.39, 0.29) is 0 Å². The highest BCUT2D eigenvalue weighted by Crippen LogP contribution is 2.32. The molecule has 2 aliphatic heterocycles. The van der Waals surface area contributed by atoms with Gasteiger partial charge in [-0.3, -0.25) is 0 Å². The third-order valence-electron chi connectivity index (χ3n) is 6.01. The summed E-state index contributed by atoms with van der Waals surface area (Å²) in [5.41, 5.74) is 5.83. The second kappa shape index (κ2) is 5.83. The standard InChI is InChI=1S/C23H21N5/c1-27-11-16-13-28(14-17(16)12-27)23-9-8-20(25-26-23)15-6-7-22-19(10-15)18-4-2-3-5-21(18)24-22/h2-11,17,24H,12-14H2,1H3. The number of nitrogens with zero attached hydrogens (tertiary/aromatic N) is 4. The zero-order valence-corrected chi connectivity index (χ0v) is 15.8. The van der Waals surface area contributed by atoms with Crippen molar-refractivity contribution >= 4 is 27.6 Å². The summed E-state index contributed by atoms with van der Waals surface area (Å²) in [6.45, 7) is 3.11. The van der Waals surface area contributed by atoms with Crippen LogP contribution < -0.4 is 4.90 Å². The summed E-state index contributed by atoms with van der Waals surface area (Å²) in [6.07, 6.45) is 2.28. The van der Waals surface area contributed by atoms with Crippen molar-refractivity contribution in [3.8, 4) is 11.3 Å². The van der Waals surface area contributed by atoms with Crippen molar-refractivity contribution in [1.29, 1.82) is 0 Å². The molecular formula is C23H21N5. The molecule has 0 bridgehead atoms. The lowest BCUT2D eigenvalue weighted by Crippen LogP contribution is -2.25. The molecule has 1 N–H and O–H groups in total. The quantitative estimate of drug-likeness (QED) is 0.581. The van der Waals surface area contributed by atoms with Gasteiger partial charge in [0.15, 0.2) is 5.82 Å². The molecule has 138 valence electrons. The number of para-hydroxylation sites is 1. The summed E-state index contributed by atoms with van der Waals surface area (Å²) >= 11 is 0. The van der Waals surface area contributed by atoms with Gasteiger partial charge in [0.25, 0.3) is 0 Å². The molecule has 2 aromatic heterocycles. The predicted molar refractivity (Wildman–Crippen MR) is 113 cm³/mol. The van der Waals surface area contributed by atoms with Crippen LogP contribution in [0.1, 0.15) is 0 Å². The average Bonchev–Trinajstić information content (AvgIpc) is 3.38. The van der Waals surface area contributed by atoms with Crippen LogP contribution in [0.15, 0.2) is 66.4 Å². The van der Waals surface area contributed by atoms with Crippen molar-refractivity contribution in [2.24, 2.45) is 5.92 Å². The van der Waals surface area contributed by atoms with Crippen LogP contribution in [0.2, 0.25) is 0 Å². The summed E-state index contributed by atoms with van der Waals surface area (Å²) < 4.78 is 0. The Balaban J connectivity index is 1.32. The van der Waals surface area contributed by atoms with Gasteiger partial charge >= 0.3 is 0 Å². The van der Waals surface area contributed by atoms with Gasteiger partial charge in [0.2, 0.25) is 0 Å². The second-order valence-electron chi connectivity index (χ2n) is 7.93. The molecule has 4 heterocycles. The summed E-state index contributed by atoms with van der Waals surface area (Å²) in [5.74, 6) is 1.60. The van der Waals surface area contributed by atoms with E-state index >= 15 is 0 Å². The van der Waals surface area contributed by atoms with Gasteiger partial charge in [0, 0.05) is 66.2 Å². The van der Waals surface area contributed by atoms with Gasteiger partial charge < -0.3 is 14.8 Å². The fourth-order valence-electron chi connectivity index (χ4n) is 4.63. The molecular weight excluding hydrogens is 346 g/mol. The minimum Gasteiger partial charge on any atom is -0.380 e. The van der Waals surface area contributed by atoms with Gasteiger partial charge in [0.1, 0.15) is 0 Å². The minimum atomic E-state index is 0.635. The lowest BCUT2D eigenvalue weighted by atomic mass is 10.1. The summed E-state index contributed by atoms with van der Waals surface area (Å²) in [5, 5.41) is 11.5. The lowest BCUT2D eigenvalue weighted by molar-refractivity contribution is 0.442. The molecule has 4 aromatic rings. The van der Waals surface area contributed by atoms with Gasteiger partial charge in [-0.1, -0.05) is 24.3 Å². The van der Waals surface area contributed by atoms with E-state index < -0.39 is 0 Å². The Morgan fingerprint density at radius 3 is 2.68 bits per heavy atom. The van der Waals surface area contributed by atoms with Crippen LogP contribution >= 0.6 is 0 Å². The molecule has 1 atom stereocenters. The first-order valence-electron chi connectivity index (χ1n) is 9.75. The van der Waals surface area contributed by atoms with Gasteiger partial charge in [-0.25, -0.2) is 0 Å². The van der Waals surface area contributed by atoms with Crippen molar-refractivity contribution in [2.45, 2.75) is 0 Å². The molecule has 0 saturated carbocycles. The molecule has 6 rings (SSSR count). The van der Waals surface area contributed by atoms with E-state index in [9.17, 15) is 0 Å². The summed E-state index contributed by atoms with van der Waals surface area (Å²) in [7, 11) is 2.15. The first-order valence-corrected chi connectivity index (χ1v) is 9.75. The van der Waals surface area contributed by atoms with Gasteiger partial charge in [0.05, 0.1) is 5.69 Å². The first-order chi connectivity index (χ1) is 13.7. The van der Waals surface area contributed by atoms with Crippen LogP contribution in [-0.2, 0) is 0 Å². The van der Waals surface area contributed by atoms with Crippen molar-refractivity contribution in [3.63, 3.8) is 0 Å². The molecule has 0 aliphatic carbocycles. The SMILES string of the molecule is CN1C=C2CN(c3ccc(-c4ccc5[nH]c6ccccc6c5c4)nn3)CC2C1. The number of anilines is 1. The molecule has 2 aliphatic rings. The number of nitrogens with one attached hydrogen (secondary N) is 1. The van der Waals surface area contributed by atoms with Crippen molar-refractivity contribution in [3.05, 3.63) is 66.4 Å². The van der Waals surface area contributed by atoms with E-state index in [2.05, 4.69) is 92.8 Å². The molecule has 5 heteroatoms. The van der Waals surface area contributed by atoms with E-state index in [4.69, 9.17) is 0 Å². The normalized spacial score (nSPS) is 18.9. The average molecular weight is 367 g/mol. The number of aromatic nitrogens is 3. The third kappa shape index (κ3) is 2.39. The number of hydrogen-bond donors (Lipinski definition) is 1. The number of rotatable bonds is 2. The zero-order chi connectivity index (χ0) is 18.7. The monoisotopic (exact) mass is 367 g/mol. The highest BCUT2D eigenvalue weighted by Gasteiger charge is 2.32. The van der Waals surface area contributed by atoms with E-state index in [1.807, 2.05) is 0 Å². The van der Waals surface area contributed by atoms with Crippen LogP contribution in [0.4, 0.5) is 5.82 Å². The molecule has 1 fully saturated rings. The van der Waals surface area contributed by atoms with E-state index in [0.717, 1.165) is 47.7 Å². The number of H-pyrrole nitrogens is 1. The van der Waals surface area contributed by atoms with E-state index in [1.54, 1.807) is 0 Å². The topological polar surface area (TPSA) is 48.0 Å². The fraction of sp³-hybridized carbons (Fsp3) is 0.217. The second-order valence-corrected chi connectivity index (χ2v) is 7.93. The largest absolute Gasteiger partial charge is 0.380 e. The van der Waals surface area contributed by atoms with Crippen LogP contribution in [-0.4, -0.2) is 46.8 Å². The van der Waals surface area contributed by atoms with E-state index in [0.29, 0.717) is 5.92 Å². The number of benzene rings is 2.